The molecule has 2 N–H and O–H groups in total. The van der Waals surface area contributed by atoms with Gasteiger partial charge in [0.2, 0.25) is 0 Å². The molecule has 2 unspecified atom stereocenters. The maximum absolute atomic E-state index is 6.36. The van der Waals surface area contributed by atoms with Crippen LogP contribution in [0, 0.1) is 22.7 Å². The number of nitrogens with two attached hydrogens (primary N) is 1. The number of rotatable bonds is 2. The fourth-order valence-corrected chi connectivity index (χ4v) is 3.34. The van der Waals surface area contributed by atoms with Crippen molar-refractivity contribution in [1.82, 2.24) is 0 Å². The summed E-state index contributed by atoms with van der Waals surface area (Å²) >= 11 is 0. The van der Waals surface area contributed by atoms with Crippen LogP contribution in [-0.2, 0) is 4.74 Å². The lowest BCUT2D eigenvalue weighted by Gasteiger charge is -2.19. The van der Waals surface area contributed by atoms with E-state index in [9.17, 15) is 0 Å². The molecule has 0 aromatic heterocycles. The van der Waals surface area contributed by atoms with Crippen LogP contribution < -0.4 is 5.73 Å². The van der Waals surface area contributed by atoms with Gasteiger partial charge in [-0.2, -0.15) is 0 Å². The van der Waals surface area contributed by atoms with Crippen LogP contribution in [-0.4, -0.2) is 19.3 Å². The van der Waals surface area contributed by atoms with E-state index in [0.717, 1.165) is 19.6 Å². The Morgan fingerprint density at radius 2 is 1.79 bits per heavy atom. The monoisotopic (exact) mass is 197 g/mol. The molecule has 2 heteroatoms. The first-order valence-electron chi connectivity index (χ1n) is 5.72. The summed E-state index contributed by atoms with van der Waals surface area (Å²) in [7, 11) is 0. The second kappa shape index (κ2) is 2.96. The van der Waals surface area contributed by atoms with Gasteiger partial charge in [-0.1, -0.05) is 27.7 Å². The van der Waals surface area contributed by atoms with E-state index in [0.29, 0.717) is 28.7 Å². The summed E-state index contributed by atoms with van der Waals surface area (Å²) in [5.74, 6) is 1.27. The first kappa shape index (κ1) is 10.4. The normalized spacial score (nSPS) is 37.1. The van der Waals surface area contributed by atoms with Gasteiger partial charge >= 0.3 is 0 Å². The summed E-state index contributed by atoms with van der Waals surface area (Å²) in [6.07, 6.45) is 1.16. The summed E-state index contributed by atoms with van der Waals surface area (Å²) < 4.78 is 5.41. The van der Waals surface area contributed by atoms with Crippen molar-refractivity contribution in [1.29, 1.82) is 0 Å². The molecule has 14 heavy (non-hydrogen) atoms. The SMILES string of the molecule is CC1(C)C(C(N)C2CCOC2)C1(C)C. The van der Waals surface area contributed by atoms with Crippen molar-refractivity contribution in [2.75, 3.05) is 13.2 Å². The maximum atomic E-state index is 6.36. The smallest absolute Gasteiger partial charge is 0.0510 e. The van der Waals surface area contributed by atoms with Crippen molar-refractivity contribution in [3.63, 3.8) is 0 Å². The fraction of sp³-hybridized carbons (Fsp3) is 1.00. The highest BCUT2D eigenvalue weighted by molar-refractivity contribution is 5.16. The Hall–Kier alpha value is -0.0800. The molecule has 0 aromatic rings. The van der Waals surface area contributed by atoms with Gasteiger partial charge in [0, 0.05) is 12.6 Å². The average molecular weight is 197 g/mol. The molecule has 0 aromatic carbocycles. The number of ether oxygens (including phenoxy) is 1. The number of hydrogen-bond acceptors (Lipinski definition) is 2. The van der Waals surface area contributed by atoms with Crippen molar-refractivity contribution in [2.45, 2.75) is 40.2 Å². The second-order valence-electron chi connectivity index (χ2n) is 6.12. The molecule has 2 rings (SSSR count). The second-order valence-corrected chi connectivity index (χ2v) is 6.12. The Morgan fingerprint density at radius 1 is 1.21 bits per heavy atom. The van der Waals surface area contributed by atoms with Crippen LogP contribution in [0.1, 0.15) is 34.1 Å². The molecule has 1 saturated carbocycles. The van der Waals surface area contributed by atoms with Crippen LogP contribution in [0.15, 0.2) is 0 Å². The Morgan fingerprint density at radius 3 is 2.14 bits per heavy atom. The Kier molecular flexibility index (Phi) is 2.20. The zero-order valence-electron chi connectivity index (χ0n) is 9.84. The molecule has 0 spiro atoms. The summed E-state index contributed by atoms with van der Waals surface area (Å²) in [5, 5.41) is 0. The maximum Gasteiger partial charge on any atom is 0.0510 e. The Labute approximate surface area is 87.2 Å². The Balaban J connectivity index is 2.03. The van der Waals surface area contributed by atoms with E-state index in [1.54, 1.807) is 0 Å². The van der Waals surface area contributed by atoms with E-state index in [1.807, 2.05) is 0 Å². The van der Waals surface area contributed by atoms with Crippen molar-refractivity contribution < 1.29 is 4.74 Å². The van der Waals surface area contributed by atoms with Crippen LogP contribution in [0.5, 0.6) is 0 Å². The van der Waals surface area contributed by atoms with Crippen LogP contribution in [0.4, 0.5) is 0 Å². The fourth-order valence-electron chi connectivity index (χ4n) is 3.34. The molecule has 1 saturated heterocycles. The molecule has 2 fully saturated rings. The molecule has 1 aliphatic heterocycles. The lowest BCUT2D eigenvalue weighted by molar-refractivity contribution is 0.176. The summed E-state index contributed by atoms with van der Waals surface area (Å²) in [6, 6.07) is 0.336. The molecule has 2 nitrogen and oxygen atoms in total. The molecule has 0 amide bonds. The average Bonchev–Trinajstić information content (AvgIpc) is 2.53. The van der Waals surface area contributed by atoms with Crippen LogP contribution in [0.2, 0.25) is 0 Å². The zero-order valence-corrected chi connectivity index (χ0v) is 9.84. The summed E-state index contributed by atoms with van der Waals surface area (Å²) in [5.41, 5.74) is 7.18. The van der Waals surface area contributed by atoms with Crippen LogP contribution in [0.25, 0.3) is 0 Å². The number of hydrogen-bond donors (Lipinski definition) is 1. The minimum Gasteiger partial charge on any atom is -0.381 e. The van der Waals surface area contributed by atoms with Crippen molar-refractivity contribution in [2.24, 2.45) is 28.4 Å². The predicted molar refractivity (Wildman–Crippen MR) is 58.0 cm³/mol. The third kappa shape index (κ3) is 1.24. The van der Waals surface area contributed by atoms with Gasteiger partial charge in [0.1, 0.15) is 0 Å². The molecular weight excluding hydrogens is 174 g/mol. The van der Waals surface area contributed by atoms with Gasteiger partial charge in [-0.15, -0.1) is 0 Å². The van der Waals surface area contributed by atoms with Gasteiger partial charge in [-0.3, -0.25) is 0 Å². The van der Waals surface area contributed by atoms with E-state index in [2.05, 4.69) is 27.7 Å². The molecule has 0 bridgehead atoms. The van der Waals surface area contributed by atoms with E-state index < -0.39 is 0 Å². The van der Waals surface area contributed by atoms with Gasteiger partial charge in [0.05, 0.1) is 6.61 Å². The van der Waals surface area contributed by atoms with E-state index in [1.165, 1.54) is 0 Å². The van der Waals surface area contributed by atoms with Crippen molar-refractivity contribution in [3.05, 3.63) is 0 Å². The quantitative estimate of drug-likeness (QED) is 0.735. The van der Waals surface area contributed by atoms with Gasteiger partial charge in [-0.25, -0.2) is 0 Å². The first-order chi connectivity index (χ1) is 6.39. The minimum absolute atomic E-state index is 0.336. The van der Waals surface area contributed by atoms with Gasteiger partial charge in [0.15, 0.2) is 0 Å². The predicted octanol–water partition coefficient (Wildman–Crippen LogP) is 2.03. The highest BCUT2D eigenvalue weighted by atomic mass is 16.5. The zero-order chi connectivity index (χ0) is 10.6. The largest absolute Gasteiger partial charge is 0.381 e. The van der Waals surface area contributed by atoms with E-state index in [4.69, 9.17) is 10.5 Å². The molecule has 2 atom stereocenters. The van der Waals surface area contributed by atoms with Crippen molar-refractivity contribution in [3.8, 4) is 0 Å². The lowest BCUT2D eigenvalue weighted by Crippen LogP contribution is -2.34. The molecule has 0 radical (unpaired) electrons. The van der Waals surface area contributed by atoms with E-state index >= 15 is 0 Å². The third-order valence-electron chi connectivity index (χ3n) is 5.03. The third-order valence-corrected chi connectivity index (χ3v) is 5.03. The highest BCUT2D eigenvalue weighted by Gasteiger charge is 2.67. The minimum atomic E-state index is 0.336. The Bertz CT molecular complexity index is 214. The highest BCUT2D eigenvalue weighted by Crippen LogP contribution is 2.70. The topological polar surface area (TPSA) is 35.2 Å². The lowest BCUT2D eigenvalue weighted by atomic mass is 9.91. The first-order valence-corrected chi connectivity index (χ1v) is 5.72. The summed E-state index contributed by atoms with van der Waals surface area (Å²) in [6.45, 7) is 11.1. The van der Waals surface area contributed by atoms with Crippen molar-refractivity contribution >= 4 is 0 Å². The van der Waals surface area contributed by atoms with Gasteiger partial charge < -0.3 is 10.5 Å². The molecule has 1 aliphatic carbocycles. The summed E-state index contributed by atoms with van der Waals surface area (Å²) in [4.78, 5) is 0. The molecular formula is C12H23NO. The van der Waals surface area contributed by atoms with Gasteiger partial charge in [-0.05, 0) is 29.1 Å². The molecule has 82 valence electrons. The van der Waals surface area contributed by atoms with Crippen LogP contribution in [0.3, 0.4) is 0 Å². The standard InChI is InChI=1S/C12H23NO/c1-11(2)10(12(11,3)4)9(13)8-5-6-14-7-8/h8-10H,5-7,13H2,1-4H3. The van der Waals surface area contributed by atoms with Gasteiger partial charge in [0.25, 0.3) is 0 Å². The molecule has 1 heterocycles. The van der Waals surface area contributed by atoms with E-state index in [-0.39, 0.29) is 0 Å². The van der Waals surface area contributed by atoms with Crippen LogP contribution >= 0.6 is 0 Å². The molecule has 2 aliphatic rings.